The van der Waals surface area contributed by atoms with Gasteiger partial charge in [-0.2, -0.15) is 0 Å². The third-order valence-corrected chi connectivity index (χ3v) is 6.61. The molecule has 1 atom stereocenters. The number of nitrogens with one attached hydrogen (secondary N) is 2. The lowest BCUT2D eigenvalue weighted by Crippen LogP contribution is -2.39. The zero-order valence-corrected chi connectivity index (χ0v) is 21.0. The molecule has 2 heterocycles. The van der Waals surface area contributed by atoms with Gasteiger partial charge < -0.3 is 26.2 Å². The Morgan fingerprint density at radius 2 is 2.24 bits per heavy atom. The van der Waals surface area contributed by atoms with Crippen molar-refractivity contribution in [2.24, 2.45) is 15.7 Å². The fraction of sp³-hybridized carbons (Fsp3) is 0.400. The molecule has 0 radical (unpaired) electrons. The molecule has 1 saturated heterocycles. The van der Waals surface area contributed by atoms with E-state index in [0.717, 1.165) is 15.6 Å². The number of amides is 2. The second-order valence-electron chi connectivity index (χ2n) is 8.45. The highest BCUT2D eigenvalue weighted by Crippen LogP contribution is 2.35. The third-order valence-electron chi connectivity index (χ3n) is 5.64. The minimum Gasteiger partial charge on any atom is -0.385 e. The lowest BCUT2D eigenvalue weighted by Gasteiger charge is -2.25. The fourth-order valence-electron chi connectivity index (χ4n) is 3.77. The van der Waals surface area contributed by atoms with Crippen molar-refractivity contribution in [2.45, 2.75) is 32.4 Å². The second-order valence-corrected chi connectivity index (χ2v) is 9.36. The van der Waals surface area contributed by atoms with Gasteiger partial charge in [0, 0.05) is 55.6 Å². The summed E-state index contributed by atoms with van der Waals surface area (Å²) in [5.41, 5.74) is 6.50. The summed E-state index contributed by atoms with van der Waals surface area (Å²) in [7, 11) is 1.70. The number of aliphatic imine (C=N–C) groups is 2. The molecule has 4 N–H and O–H groups in total. The highest BCUT2D eigenvalue weighted by atomic mass is 32.1. The number of amidine groups is 1. The Kier molecular flexibility index (Phi) is 8.18. The molecule has 0 bridgehead atoms. The van der Waals surface area contributed by atoms with E-state index in [1.165, 1.54) is 0 Å². The number of carbonyl (C=O) groups is 1. The number of hydrogen-bond donors (Lipinski definition) is 3. The van der Waals surface area contributed by atoms with Gasteiger partial charge in [0.15, 0.2) is 0 Å². The minimum absolute atomic E-state index is 0.0568. The number of nitrogens with two attached hydrogens (primary N) is 1. The molecule has 1 unspecified atom stereocenters. The topological polar surface area (TPSA) is 98.3 Å². The molecule has 0 aliphatic carbocycles. The van der Waals surface area contributed by atoms with E-state index in [-0.39, 0.29) is 12.1 Å². The van der Waals surface area contributed by atoms with Crippen molar-refractivity contribution in [3.8, 4) is 12.3 Å². The van der Waals surface area contributed by atoms with Gasteiger partial charge in [0.1, 0.15) is 17.2 Å². The van der Waals surface area contributed by atoms with Gasteiger partial charge in [-0.25, -0.2) is 9.79 Å². The molecular weight excluding hydrogens is 446 g/mol. The summed E-state index contributed by atoms with van der Waals surface area (Å²) in [4.78, 5) is 24.6. The fourth-order valence-corrected chi connectivity index (χ4v) is 4.83. The largest absolute Gasteiger partial charge is 0.385 e. The van der Waals surface area contributed by atoms with Crippen molar-refractivity contribution >= 4 is 39.6 Å². The Morgan fingerprint density at radius 3 is 2.88 bits per heavy atom. The zero-order chi connectivity index (χ0) is 24.7. The van der Waals surface area contributed by atoms with Crippen LogP contribution in [-0.4, -0.2) is 67.3 Å². The molecule has 1 aliphatic heterocycles. The summed E-state index contributed by atoms with van der Waals surface area (Å²) in [6, 6.07) is 8.20. The average Bonchev–Trinajstić information content (AvgIpc) is 3.43. The molecule has 3 rings (SSSR count). The number of nitrogens with zero attached hydrogens (tertiary/aromatic N) is 4. The lowest BCUT2D eigenvalue weighted by atomic mass is 9.93. The molecule has 0 spiro atoms. The van der Waals surface area contributed by atoms with E-state index in [9.17, 15) is 4.79 Å². The van der Waals surface area contributed by atoms with E-state index in [1.807, 2.05) is 37.8 Å². The summed E-state index contributed by atoms with van der Waals surface area (Å²) in [5, 5.41) is 9.31. The maximum Gasteiger partial charge on any atom is 0.317 e. The normalized spacial score (nSPS) is 16.7. The van der Waals surface area contributed by atoms with E-state index in [4.69, 9.17) is 17.1 Å². The summed E-state index contributed by atoms with van der Waals surface area (Å²) in [5.74, 6) is 3.92. The number of fused-ring (bicyclic) bond motifs is 1. The van der Waals surface area contributed by atoms with Crippen molar-refractivity contribution in [1.29, 1.82) is 0 Å². The predicted molar refractivity (Wildman–Crippen MR) is 142 cm³/mol. The lowest BCUT2D eigenvalue weighted by molar-refractivity contribution is 0.218. The van der Waals surface area contributed by atoms with Gasteiger partial charge in [0.25, 0.3) is 0 Å². The van der Waals surface area contributed by atoms with Gasteiger partial charge in [0.2, 0.25) is 0 Å². The molecule has 34 heavy (non-hydrogen) atoms. The molecule has 2 amide bonds. The molecule has 1 aromatic carbocycles. The highest BCUT2D eigenvalue weighted by Gasteiger charge is 2.27. The quantitative estimate of drug-likeness (QED) is 0.293. The molecular formula is C25H33N7OS. The van der Waals surface area contributed by atoms with E-state index >= 15 is 0 Å². The minimum atomic E-state index is -0.911. The first kappa shape index (κ1) is 25.1. The van der Waals surface area contributed by atoms with Gasteiger partial charge in [-0.15, -0.1) is 17.8 Å². The highest BCUT2D eigenvalue weighted by molar-refractivity contribution is 7.17. The molecule has 0 saturated carbocycles. The molecule has 1 fully saturated rings. The maximum atomic E-state index is 11.9. The number of hydrogen-bond acceptors (Lipinski definition) is 5. The monoisotopic (exact) mass is 479 g/mol. The number of rotatable bonds is 9. The Morgan fingerprint density at radius 1 is 1.47 bits per heavy atom. The average molecular weight is 480 g/mol. The van der Waals surface area contributed by atoms with E-state index in [0.29, 0.717) is 37.8 Å². The van der Waals surface area contributed by atoms with Crippen LogP contribution in [0.25, 0.3) is 10.1 Å². The first-order valence-corrected chi connectivity index (χ1v) is 12.2. The van der Waals surface area contributed by atoms with Crippen molar-refractivity contribution in [1.82, 2.24) is 20.4 Å². The number of benzene rings is 1. The zero-order valence-electron chi connectivity index (χ0n) is 20.2. The Bertz CT molecular complexity index is 1140. The molecule has 1 aliphatic rings. The maximum absolute atomic E-state index is 11.9. The van der Waals surface area contributed by atoms with Crippen LogP contribution in [0.1, 0.15) is 26.3 Å². The Labute approximate surface area is 205 Å². The SMILES string of the molecule is C#CC(C)(/N=C(\C=C(/N)N(/C=N\C)C(C)C)NCCN1CCNC1=O)c1csc2ccccc12. The molecule has 1 aromatic heterocycles. The van der Waals surface area contributed by atoms with Crippen LogP contribution in [0.15, 0.2) is 51.5 Å². The number of urea groups is 1. The van der Waals surface area contributed by atoms with E-state index in [2.05, 4.69) is 39.1 Å². The molecule has 180 valence electrons. The number of thiophene rings is 1. The molecule has 2 aromatic rings. The van der Waals surface area contributed by atoms with Crippen molar-refractivity contribution < 1.29 is 4.79 Å². The second kappa shape index (κ2) is 11.1. The van der Waals surface area contributed by atoms with Gasteiger partial charge in [-0.1, -0.05) is 24.1 Å². The standard InChI is InChI=1S/C25H33N7OS/c1-6-25(4,20-16-34-21-10-8-7-9-19(20)21)30-23(15-22(26)32(17-27-5)18(2)3)28-11-13-31-14-12-29-24(31)33/h1,7-10,15-18H,11-14,26H2,2-5H3,(H,28,30)(H,29,33)/b22-15+,27-17-. The first-order chi connectivity index (χ1) is 16.3. The van der Waals surface area contributed by atoms with Crippen LogP contribution in [0.2, 0.25) is 0 Å². The van der Waals surface area contributed by atoms with Crippen molar-refractivity contribution in [2.75, 3.05) is 33.2 Å². The van der Waals surface area contributed by atoms with Gasteiger partial charge in [0.05, 0.1) is 6.34 Å². The summed E-state index contributed by atoms with van der Waals surface area (Å²) in [6.45, 7) is 8.37. The molecule has 8 nitrogen and oxygen atoms in total. The predicted octanol–water partition coefficient (Wildman–Crippen LogP) is 2.93. The third kappa shape index (κ3) is 5.69. The van der Waals surface area contributed by atoms with Crippen LogP contribution >= 0.6 is 11.3 Å². The summed E-state index contributed by atoms with van der Waals surface area (Å²) >= 11 is 1.65. The van der Waals surface area contributed by atoms with Crippen molar-refractivity contribution in [3.05, 3.63) is 47.1 Å². The Balaban J connectivity index is 1.97. The van der Waals surface area contributed by atoms with E-state index < -0.39 is 5.54 Å². The van der Waals surface area contributed by atoms with Crippen LogP contribution in [0.4, 0.5) is 4.79 Å². The molecule has 9 heteroatoms. The van der Waals surface area contributed by atoms with Gasteiger partial charge in [-0.3, -0.25) is 4.99 Å². The number of terminal acetylenes is 1. The summed E-state index contributed by atoms with van der Waals surface area (Å²) in [6.07, 6.45) is 9.51. The summed E-state index contributed by atoms with van der Waals surface area (Å²) < 4.78 is 1.16. The smallest absolute Gasteiger partial charge is 0.317 e. The van der Waals surface area contributed by atoms with Crippen molar-refractivity contribution in [3.63, 3.8) is 0 Å². The Hall–Kier alpha value is -3.51. The van der Waals surface area contributed by atoms with Crippen LogP contribution in [0, 0.1) is 12.3 Å². The van der Waals surface area contributed by atoms with Crippen LogP contribution in [-0.2, 0) is 5.54 Å². The number of carbonyl (C=O) groups excluding carboxylic acids is 1. The van der Waals surface area contributed by atoms with Crippen LogP contribution in [0.5, 0.6) is 0 Å². The van der Waals surface area contributed by atoms with Crippen LogP contribution in [0.3, 0.4) is 0 Å². The van der Waals surface area contributed by atoms with Crippen LogP contribution < -0.4 is 16.4 Å². The van der Waals surface area contributed by atoms with E-state index in [1.54, 1.807) is 35.7 Å². The van der Waals surface area contributed by atoms with Gasteiger partial charge >= 0.3 is 6.03 Å². The van der Waals surface area contributed by atoms with Gasteiger partial charge in [-0.05, 0) is 37.6 Å². The first-order valence-electron chi connectivity index (χ1n) is 11.3.